The number of carbonyl (C=O) groups excluding carboxylic acids is 1. The van der Waals surface area contributed by atoms with E-state index in [9.17, 15) is 9.90 Å². The number of aromatic hydroxyl groups is 1. The predicted molar refractivity (Wildman–Crippen MR) is 146 cm³/mol. The number of benzene rings is 2. The molecule has 9 nitrogen and oxygen atoms in total. The molecule has 0 saturated carbocycles. The van der Waals surface area contributed by atoms with E-state index in [1.54, 1.807) is 12.1 Å². The van der Waals surface area contributed by atoms with Crippen molar-refractivity contribution in [2.24, 2.45) is 11.8 Å². The number of nitrogens with zero attached hydrogens (tertiary/aromatic N) is 2. The van der Waals surface area contributed by atoms with Crippen molar-refractivity contribution in [1.82, 2.24) is 9.80 Å². The fourth-order valence-electron chi connectivity index (χ4n) is 6.46. The molecule has 2 aromatic rings. The zero-order valence-corrected chi connectivity index (χ0v) is 23.6. The molecular formula is C30H40N2O7. The maximum Gasteiger partial charge on any atom is 0.310 e. The maximum absolute atomic E-state index is 13.3. The summed E-state index contributed by atoms with van der Waals surface area (Å²) in [6, 6.07) is 7.70. The minimum atomic E-state index is -0.372. The van der Waals surface area contributed by atoms with Crippen molar-refractivity contribution in [1.29, 1.82) is 0 Å². The molecular weight excluding hydrogens is 500 g/mol. The molecule has 0 radical (unpaired) electrons. The van der Waals surface area contributed by atoms with Gasteiger partial charge in [-0.1, -0.05) is 13.8 Å². The van der Waals surface area contributed by atoms with Gasteiger partial charge in [-0.05, 0) is 80.0 Å². The molecule has 2 aromatic carbocycles. The first-order valence-corrected chi connectivity index (χ1v) is 13.9. The first-order valence-electron chi connectivity index (χ1n) is 13.9. The van der Waals surface area contributed by atoms with Crippen molar-refractivity contribution in [2.75, 3.05) is 67.4 Å². The van der Waals surface area contributed by atoms with Gasteiger partial charge in [0.15, 0.2) is 23.0 Å². The average Bonchev–Trinajstić information content (AvgIpc) is 3.57. The number of phenols is 1. The Morgan fingerprint density at radius 1 is 0.923 bits per heavy atom. The molecule has 0 unspecified atom stereocenters. The summed E-state index contributed by atoms with van der Waals surface area (Å²) in [6.45, 7) is 9.97. The van der Waals surface area contributed by atoms with Crippen LogP contribution in [0.25, 0.3) is 0 Å². The molecule has 1 saturated heterocycles. The smallest absolute Gasteiger partial charge is 0.310 e. The molecule has 0 aromatic heterocycles. The third-order valence-electron chi connectivity index (χ3n) is 8.72. The van der Waals surface area contributed by atoms with E-state index in [1.807, 2.05) is 6.07 Å². The summed E-state index contributed by atoms with van der Waals surface area (Å²) in [5.74, 6) is 1.20. The summed E-state index contributed by atoms with van der Waals surface area (Å²) in [6.07, 6.45) is 0.897. The third-order valence-corrected chi connectivity index (χ3v) is 8.72. The molecule has 9 heteroatoms. The van der Waals surface area contributed by atoms with Crippen LogP contribution in [0.2, 0.25) is 0 Å². The van der Waals surface area contributed by atoms with Gasteiger partial charge in [-0.3, -0.25) is 4.79 Å². The Bertz CT molecular complexity index is 1170. The van der Waals surface area contributed by atoms with E-state index in [0.29, 0.717) is 23.9 Å². The fourth-order valence-corrected chi connectivity index (χ4v) is 6.46. The fraction of sp³-hybridized carbons (Fsp3) is 0.567. The van der Waals surface area contributed by atoms with E-state index < -0.39 is 0 Å². The highest BCUT2D eigenvalue weighted by atomic mass is 16.7. The quantitative estimate of drug-likeness (QED) is 0.427. The minimum Gasteiger partial charge on any atom is -0.502 e. The van der Waals surface area contributed by atoms with Crippen LogP contribution in [0.15, 0.2) is 24.3 Å². The average molecular weight is 541 g/mol. The van der Waals surface area contributed by atoms with Crippen LogP contribution in [0, 0.1) is 11.8 Å². The van der Waals surface area contributed by atoms with Crippen molar-refractivity contribution in [3.63, 3.8) is 0 Å². The predicted octanol–water partition coefficient (Wildman–Crippen LogP) is 3.82. The summed E-state index contributed by atoms with van der Waals surface area (Å²) in [4.78, 5) is 18.1. The van der Waals surface area contributed by atoms with Crippen molar-refractivity contribution in [2.45, 2.75) is 32.1 Å². The number of cyclic esters (lactones) is 1. The Morgan fingerprint density at radius 3 is 2.18 bits per heavy atom. The summed E-state index contributed by atoms with van der Waals surface area (Å²) < 4.78 is 28.2. The SMILES string of the molecule is CCN(CC)CCN(C)CC[C@@H]1c2cc3c(cc2[C@@H](c2cc(OC)c(O)c(OC)c2)[C@H]2C(=O)OC[C@@H]21)OCO3. The van der Waals surface area contributed by atoms with Crippen LogP contribution in [0.3, 0.4) is 0 Å². The third kappa shape index (κ3) is 5.10. The number of phenolic OH excluding ortho intramolecular Hbond substituents is 1. The van der Waals surface area contributed by atoms with Gasteiger partial charge in [-0.2, -0.15) is 0 Å². The largest absolute Gasteiger partial charge is 0.502 e. The van der Waals surface area contributed by atoms with Crippen LogP contribution in [0.5, 0.6) is 28.7 Å². The molecule has 5 rings (SSSR count). The van der Waals surface area contributed by atoms with Gasteiger partial charge in [0.05, 0.1) is 26.7 Å². The number of ether oxygens (including phenoxy) is 5. The number of esters is 1. The van der Waals surface area contributed by atoms with Crippen LogP contribution in [0.1, 0.15) is 48.8 Å². The van der Waals surface area contributed by atoms with Gasteiger partial charge < -0.3 is 38.6 Å². The second-order valence-electron chi connectivity index (χ2n) is 10.6. The number of methoxy groups -OCH3 is 2. The lowest BCUT2D eigenvalue weighted by atomic mass is 9.62. The zero-order valence-electron chi connectivity index (χ0n) is 23.6. The monoisotopic (exact) mass is 540 g/mol. The van der Waals surface area contributed by atoms with E-state index in [0.717, 1.165) is 61.6 Å². The van der Waals surface area contributed by atoms with Crippen LogP contribution in [-0.2, 0) is 9.53 Å². The van der Waals surface area contributed by atoms with Gasteiger partial charge in [0.1, 0.15) is 0 Å². The highest BCUT2D eigenvalue weighted by Crippen LogP contribution is 2.56. The molecule has 1 N–H and O–H groups in total. The molecule has 0 spiro atoms. The van der Waals surface area contributed by atoms with Crippen LogP contribution < -0.4 is 18.9 Å². The molecule has 3 aliphatic rings. The lowest BCUT2D eigenvalue weighted by Crippen LogP contribution is -2.37. The van der Waals surface area contributed by atoms with Gasteiger partial charge in [-0.15, -0.1) is 0 Å². The van der Waals surface area contributed by atoms with Gasteiger partial charge >= 0.3 is 5.97 Å². The molecule has 0 amide bonds. The Labute approximate surface area is 230 Å². The first kappa shape index (κ1) is 27.4. The Hall–Kier alpha value is -3.17. The second-order valence-corrected chi connectivity index (χ2v) is 10.6. The molecule has 2 aliphatic heterocycles. The number of hydrogen-bond donors (Lipinski definition) is 1. The van der Waals surface area contributed by atoms with Gasteiger partial charge in [0, 0.05) is 24.9 Å². The zero-order chi connectivity index (χ0) is 27.7. The molecule has 1 aliphatic carbocycles. The van der Waals surface area contributed by atoms with Gasteiger partial charge in [-0.25, -0.2) is 0 Å². The summed E-state index contributed by atoms with van der Waals surface area (Å²) >= 11 is 0. The number of likely N-dealkylation sites (N-methyl/N-ethyl adjacent to an activating group) is 2. The highest BCUT2D eigenvalue weighted by Gasteiger charge is 2.52. The number of carbonyl (C=O) groups is 1. The van der Waals surface area contributed by atoms with Crippen molar-refractivity contribution < 1.29 is 33.6 Å². The number of hydrogen-bond acceptors (Lipinski definition) is 9. The van der Waals surface area contributed by atoms with Crippen molar-refractivity contribution in [3.05, 3.63) is 41.0 Å². The Morgan fingerprint density at radius 2 is 1.56 bits per heavy atom. The van der Waals surface area contributed by atoms with Gasteiger partial charge in [0.2, 0.25) is 12.5 Å². The van der Waals surface area contributed by atoms with Crippen LogP contribution in [-0.4, -0.2) is 88.3 Å². The van der Waals surface area contributed by atoms with Crippen molar-refractivity contribution in [3.8, 4) is 28.7 Å². The normalized spacial score (nSPS) is 23.1. The van der Waals surface area contributed by atoms with E-state index in [-0.39, 0.29) is 42.2 Å². The van der Waals surface area contributed by atoms with Crippen LogP contribution in [0.4, 0.5) is 0 Å². The molecule has 39 heavy (non-hydrogen) atoms. The molecule has 1 fully saturated rings. The molecule has 2 heterocycles. The summed E-state index contributed by atoms with van der Waals surface area (Å²) in [5.41, 5.74) is 3.00. The highest BCUT2D eigenvalue weighted by molar-refractivity contribution is 5.79. The summed E-state index contributed by atoms with van der Waals surface area (Å²) in [5, 5.41) is 10.6. The second kappa shape index (κ2) is 11.5. The number of rotatable bonds is 11. The van der Waals surface area contributed by atoms with E-state index >= 15 is 0 Å². The minimum absolute atomic E-state index is 0.0114. The lowest BCUT2D eigenvalue weighted by molar-refractivity contribution is -0.141. The van der Waals surface area contributed by atoms with Crippen molar-refractivity contribution >= 4 is 5.97 Å². The Balaban J connectivity index is 1.53. The van der Waals surface area contributed by atoms with E-state index in [2.05, 4.69) is 36.8 Å². The maximum atomic E-state index is 13.3. The van der Waals surface area contributed by atoms with E-state index in [1.165, 1.54) is 14.2 Å². The number of fused-ring (bicyclic) bond motifs is 3. The summed E-state index contributed by atoms with van der Waals surface area (Å²) in [7, 11) is 5.17. The van der Waals surface area contributed by atoms with E-state index in [4.69, 9.17) is 23.7 Å². The first-order chi connectivity index (χ1) is 18.9. The van der Waals surface area contributed by atoms with Gasteiger partial charge in [0.25, 0.3) is 0 Å². The standard InChI is InChI=1S/C30H40N2O7/c1-6-32(7-2)11-10-31(3)9-8-19-20-14-23-24(39-17-38-23)15-21(20)27(28-22(19)16-37-30(28)34)18-12-25(35-4)29(33)26(13-18)36-5/h12-15,19,22,27-28,33H,6-11,16-17H2,1-5H3/t19-,22-,27-,28+/m1/s1. The molecule has 4 atom stereocenters. The topological polar surface area (TPSA) is 89.9 Å². The lowest BCUT2D eigenvalue weighted by Gasteiger charge is -2.40. The molecule has 212 valence electrons. The Kier molecular flexibility index (Phi) is 8.09. The van der Waals surface area contributed by atoms with Crippen LogP contribution >= 0.6 is 0 Å². The molecule has 0 bridgehead atoms.